The monoisotopic (exact) mass is 397 g/mol. The number of carbonyl (C=O) groups is 1. The van der Waals surface area contributed by atoms with E-state index in [2.05, 4.69) is 12.1 Å². The summed E-state index contributed by atoms with van der Waals surface area (Å²) in [6.45, 7) is 1.88. The highest BCUT2D eigenvalue weighted by molar-refractivity contribution is 5.97. The van der Waals surface area contributed by atoms with Crippen LogP contribution in [0.15, 0.2) is 79.1 Å². The van der Waals surface area contributed by atoms with E-state index in [-0.39, 0.29) is 34.6 Å². The molecule has 1 heterocycles. The van der Waals surface area contributed by atoms with Crippen LogP contribution in [0.1, 0.15) is 34.5 Å². The first-order chi connectivity index (χ1) is 11.6. The molecule has 1 atom stereocenters. The first-order valence-corrected chi connectivity index (χ1v) is 8.00. The highest BCUT2D eigenvalue weighted by Crippen LogP contribution is 2.14. The Hall–Kier alpha value is -2.46. The van der Waals surface area contributed by atoms with E-state index in [0.29, 0.717) is 5.56 Å². The highest BCUT2D eigenvalue weighted by atomic mass is 79.9. The zero-order valence-corrected chi connectivity index (χ0v) is 15.6. The van der Waals surface area contributed by atoms with Crippen LogP contribution in [0.5, 0.6) is 5.75 Å². The minimum absolute atomic E-state index is 0. The number of nitrogens with zero attached hydrogens (tertiary/aromatic N) is 1. The number of phenolic OH excluding ortho intramolecular Hbond substituents is 1. The fourth-order valence-electron chi connectivity index (χ4n) is 2.68. The second-order valence-corrected chi connectivity index (χ2v) is 5.90. The van der Waals surface area contributed by atoms with Crippen molar-refractivity contribution >= 4 is 5.78 Å². The molecule has 3 rings (SSSR count). The van der Waals surface area contributed by atoms with Gasteiger partial charge in [0.15, 0.2) is 12.4 Å². The molecule has 25 heavy (non-hydrogen) atoms. The number of hydrogen-bond acceptors (Lipinski definition) is 2. The molecule has 4 heteroatoms. The zero-order chi connectivity index (χ0) is 16.9. The molecule has 0 saturated carbocycles. The topological polar surface area (TPSA) is 41.2 Å². The Morgan fingerprint density at radius 3 is 2.08 bits per heavy atom. The summed E-state index contributed by atoms with van der Waals surface area (Å²) < 4.78 is 1.91. The van der Waals surface area contributed by atoms with E-state index in [1.54, 1.807) is 12.1 Å². The van der Waals surface area contributed by atoms with Gasteiger partial charge in [0.25, 0.3) is 0 Å². The number of hydrogen-bond donors (Lipinski definition) is 1. The van der Waals surface area contributed by atoms with Gasteiger partial charge in [0.1, 0.15) is 5.75 Å². The number of Topliss-reactive ketones (excluding diaryl/α,β-unsaturated/α-hetero) is 1. The smallest absolute Gasteiger partial charge is 0.230 e. The highest BCUT2D eigenvalue weighted by Gasteiger charge is 2.23. The van der Waals surface area contributed by atoms with Gasteiger partial charge in [-0.1, -0.05) is 30.3 Å². The van der Waals surface area contributed by atoms with Crippen LogP contribution in [0.2, 0.25) is 0 Å². The van der Waals surface area contributed by atoms with Crippen molar-refractivity contribution in [3.8, 4) is 5.75 Å². The molecule has 0 aliphatic heterocycles. The molecule has 2 aromatic carbocycles. The predicted molar refractivity (Wildman–Crippen MR) is 93.0 cm³/mol. The maximum atomic E-state index is 12.5. The summed E-state index contributed by atoms with van der Waals surface area (Å²) in [4.78, 5) is 12.5. The van der Waals surface area contributed by atoms with Crippen molar-refractivity contribution in [2.24, 2.45) is 0 Å². The summed E-state index contributed by atoms with van der Waals surface area (Å²) >= 11 is 0. The first-order valence-electron chi connectivity index (χ1n) is 8.00. The van der Waals surface area contributed by atoms with Crippen LogP contribution in [0.25, 0.3) is 0 Å². The van der Waals surface area contributed by atoms with Crippen molar-refractivity contribution in [2.75, 3.05) is 0 Å². The molecule has 0 saturated heterocycles. The number of pyridine rings is 1. The van der Waals surface area contributed by atoms with E-state index in [1.165, 1.54) is 23.3 Å². The number of rotatable bonds is 5. The number of benzene rings is 2. The Bertz CT molecular complexity index is 815. The lowest BCUT2D eigenvalue weighted by atomic mass is 10.0. The average Bonchev–Trinajstić information content (AvgIpc) is 2.63. The van der Waals surface area contributed by atoms with Crippen LogP contribution < -0.4 is 21.5 Å². The molecule has 3 nitrogen and oxygen atoms in total. The van der Waals surface area contributed by atoms with Crippen LogP contribution in [-0.4, -0.2) is 10.9 Å². The molecule has 0 aliphatic carbocycles. The average molecular weight is 398 g/mol. The van der Waals surface area contributed by atoms with Gasteiger partial charge in [0.05, 0.1) is 0 Å². The van der Waals surface area contributed by atoms with Crippen molar-refractivity contribution in [3.05, 3.63) is 95.8 Å². The van der Waals surface area contributed by atoms with Crippen molar-refractivity contribution < 1.29 is 31.4 Å². The molecular formula is C21H20BrNO2. The normalized spacial score (nSPS) is 11.4. The molecule has 0 spiro atoms. The van der Waals surface area contributed by atoms with Gasteiger partial charge in [-0.3, -0.25) is 4.79 Å². The SMILES string of the molecule is CC(C(=O)c1ccc(O)cc1)[n+]1ccc(Cc2ccccc2)cc1.[Br-]. The lowest BCUT2D eigenvalue weighted by Gasteiger charge is -2.07. The summed E-state index contributed by atoms with van der Waals surface area (Å²) in [5.41, 5.74) is 3.08. The molecule has 128 valence electrons. The summed E-state index contributed by atoms with van der Waals surface area (Å²) in [5.74, 6) is 0.188. The zero-order valence-electron chi connectivity index (χ0n) is 14.0. The number of phenols is 1. The molecular weight excluding hydrogens is 378 g/mol. The molecule has 1 N–H and O–H groups in total. The van der Waals surface area contributed by atoms with Gasteiger partial charge in [-0.05, 0) is 41.8 Å². The molecule has 3 aromatic rings. The van der Waals surface area contributed by atoms with Gasteiger partial charge in [0, 0.05) is 24.6 Å². The minimum Gasteiger partial charge on any atom is -1.00 e. The third-order valence-electron chi connectivity index (χ3n) is 4.15. The van der Waals surface area contributed by atoms with Crippen LogP contribution in [-0.2, 0) is 6.42 Å². The lowest BCUT2D eigenvalue weighted by Crippen LogP contribution is -3.00. The van der Waals surface area contributed by atoms with Crippen molar-refractivity contribution in [1.29, 1.82) is 0 Å². The minimum atomic E-state index is -0.291. The van der Waals surface area contributed by atoms with Crippen LogP contribution in [0, 0.1) is 0 Å². The Balaban J connectivity index is 0.00000225. The van der Waals surface area contributed by atoms with E-state index in [9.17, 15) is 9.90 Å². The molecule has 1 aromatic heterocycles. The number of ketones is 1. The van der Waals surface area contributed by atoms with E-state index in [0.717, 1.165) is 6.42 Å². The third-order valence-corrected chi connectivity index (χ3v) is 4.15. The Labute approximate surface area is 158 Å². The fourth-order valence-corrected chi connectivity index (χ4v) is 2.68. The third kappa shape index (κ3) is 4.77. The lowest BCUT2D eigenvalue weighted by molar-refractivity contribution is -0.704. The summed E-state index contributed by atoms with van der Waals surface area (Å²) in [7, 11) is 0. The standard InChI is InChI=1S/C21H19NO2.BrH/c1-16(21(24)19-7-9-20(23)10-8-19)22-13-11-18(12-14-22)15-17-5-3-2-4-6-17;/h2-14,16H,15H2,1H3;1H. The second-order valence-electron chi connectivity index (χ2n) is 5.90. The number of carbonyl (C=O) groups excluding carboxylic acids is 1. The Morgan fingerprint density at radius 2 is 1.48 bits per heavy atom. The maximum absolute atomic E-state index is 12.5. The van der Waals surface area contributed by atoms with Crippen LogP contribution >= 0.6 is 0 Å². The number of aromatic nitrogens is 1. The largest absolute Gasteiger partial charge is 1.00 e. The van der Waals surface area contributed by atoms with Crippen molar-refractivity contribution in [1.82, 2.24) is 0 Å². The Kier molecular flexibility index (Phi) is 6.48. The van der Waals surface area contributed by atoms with Crippen molar-refractivity contribution in [3.63, 3.8) is 0 Å². The molecule has 0 bridgehead atoms. The number of aromatic hydroxyl groups is 1. The van der Waals surface area contributed by atoms with Gasteiger partial charge in [-0.15, -0.1) is 0 Å². The van der Waals surface area contributed by atoms with Gasteiger partial charge in [0.2, 0.25) is 11.8 Å². The molecule has 0 fully saturated rings. The summed E-state index contributed by atoms with van der Waals surface area (Å²) in [6.07, 6.45) is 4.77. The maximum Gasteiger partial charge on any atom is 0.230 e. The fraction of sp³-hybridized carbons (Fsp3) is 0.143. The van der Waals surface area contributed by atoms with E-state index in [1.807, 2.05) is 54.2 Å². The van der Waals surface area contributed by atoms with E-state index in [4.69, 9.17) is 0 Å². The molecule has 0 radical (unpaired) electrons. The predicted octanol–water partition coefficient (Wildman–Crippen LogP) is 0.718. The van der Waals surface area contributed by atoms with E-state index < -0.39 is 0 Å². The second kappa shape index (κ2) is 8.58. The van der Waals surface area contributed by atoms with Gasteiger partial charge in [-0.2, -0.15) is 4.57 Å². The van der Waals surface area contributed by atoms with Gasteiger partial charge < -0.3 is 22.1 Å². The van der Waals surface area contributed by atoms with Crippen LogP contribution in [0.3, 0.4) is 0 Å². The molecule has 0 amide bonds. The summed E-state index contributed by atoms with van der Waals surface area (Å²) in [5, 5.41) is 9.33. The summed E-state index contributed by atoms with van der Waals surface area (Å²) in [6, 6.07) is 20.5. The van der Waals surface area contributed by atoms with Crippen molar-refractivity contribution in [2.45, 2.75) is 19.4 Å². The van der Waals surface area contributed by atoms with Gasteiger partial charge >= 0.3 is 0 Å². The Morgan fingerprint density at radius 1 is 0.920 bits per heavy atom. The number of halogens is 1. The van der Waals surface area contributed by atoms with Crippen LogP contribution in [0.4, 0.5) is 0 Å². The van der Waals surface area contributed by atoms with Gasteiger partial charge in [-0.25, -0.2) is 0 Å². The van der Waals surface area contributed by atoms with E-state index >= 15 is 0 Å². The molecule has 1 unspecified atom stereocenters. The first kappa shape index (κ1) is 18.9. The molecule has 0 aliphatic rings. The quantitative estimate of drug-likeness (QED) is 0.509.